The van der Waals surface area contributed by atoms with Crippen molar-refractivity contribution in [3.63, 3.8) is 0 Å². The van der Waals surface area contributed by atoms with Gasteiger partial charge >= 0.3 is 0 Å². The number of allylic oxidation sites excluding steroid dienone is 2. The lowest BCUT2D eigenvalue weighted by molar-refractivity contribution is 0.461. The van der Waals surface area contributed by atoms with E-state index in [0.29, 0.717) is 11.8 Å². The number of ether oxygens (including phenoxy) is 2. The molecule has 0 saturated heterocycles. The third-order valence-corrected chi connectivity index (χ3v) is 6.90. The summed E-state index contributed by atoms with van der Waals surface area (Å²) < 4.78 is 12.8. The van der Waals surface area contributed by atoms with Crippen LogP contribution in [-0.4, -0.2) is 6.71 Å². The highest BCUT2D eigenvalue weighted by Crippen LogP contribution is 2.49. The highest BCUT2D eigenvalue weighted by molar-refractivity contribution is 6.99. The van der Waals surface area contributed by atoms with Crippen molar-refractivity contribution in [2.75, 3.05) is 0 Å². The quantitative estimate of drug-likeness (QED) is 0.400. The van der Waals surface area contributed by atoms with E-state index < -0.39 is 0 Å². The lowest BCUT2D eigenvalue weighted by Gasteiger charge is -2.45. The largest absolute Gasteiger partial charge is 0.458 e. The molecule has 0 unspecified atom stereocenters. The zero-order valence-electron chi connectivity index (χ0n) is 14.4. The molecule has 0 fully saturated rings. The summed E-state index contributed by atoms with van der Waals surface area (Å²) >= 11 is 0. The van der Waals surface area contributed by atoms with Crippen LogP contribution in [0.1, 0.15) is 28.2 Å². The summed E-state index contributed by atoms with van der Waals surface area (Å²) in [7, 11) is 0. The van der Waals surface area contributed by atoms with Crippen LogP contribution in [0.15, 0.2) is 54.6 Å². The Hall–Kier alpha value is -3.20. The van der Waals surface area contributed by atoms with Gasteiger partial charge in [-0.15, -0.1) is 0 Å². The van der Waals surface area contributed by atoms with Crippen LogP contribution in [0.25, 0.3) is 12.2 Å². The van der Waals surface area contributed by atoms with Crippen LogP contribution in [0.5, 0.6) is 23.0 Å². The summed E-state index contributed by atoms with van der Waals surface area (Å²) in [5, 5.41) is 0. The topological polar surface area (TPSA) is 18.5 Å². The Labute approximate surface area is 156 Å². The second-order valence-electron chi connectivity index (χ2n) is 8.04. The maximum absolute atomic E-state index is 6.38. The Balaban J connectivity index is 1.63. The first-order valence-corrected chi connectivity index (χ1v) is 9.57. The van der Waals surface area contributed by atoms with Crippen LogP contribution in [0.2, 0.25) is 0 Å². The third-order valence-electron chi connectivity index (χ3n) is 6.90. The molecule has 3 aromatic rings. The molecule has 3 aromatic carbocycles. The van der Waals surface area contributed by atoms with Crippen molar-refractivity contribution >= 4 is 35.3 Å². The van der Waals surface area contributed by atoms with Gasteiger partial charge in [0.25, 0.3) is 6.71 Å². The van der Waals surface area contributed by atoms with E-state index in [2.05, 4.69) is 60.7 Å². The molecule has 0 N–H and O–H groups in total. The van der Waals surface area contributed by atoms with Gasteiger partial charge in [0.05, 0.1) is 0 Å². The molecule has 0 aromatic heterocycles. The fourth-order valence-corrected chi connectivity index (χ4v) is 5.93. The minimum atomic E-state index is 0.212. The average Bonchev–Trinajstić information content (AvgIpc) is 2.72. The van der Waals surface area contributed by atoms with E-state index in [9.17, 15) is 0 Å². The van der Waals surface area contributed by atoms with E-state index in [1.165, 1.54) is 38.6 Å². The van der Waals surface area contributed by atoms with Gasteiger partial charge in [0.15, 0.2) is 0 Å². The second-order valence-corrected chi connectivity index (χ2v) is 8.04. The summed E-state index contributed by atoms with van der Waals surface area (Å²) in [6.45, 7) is 0.212. The predicted octanol–water partition coefficient (Wildman–Crippen LogP) is 3.53. The Bertz CT molecular complexity index is 1210. The first kappa shape index (κ1) is 13.0. The molecule has 0 atom stereocenters. The first-order valence-electron chi connectivity index (χ1n) is 9.57. The molecule has 0 bridgehead atoms. The van der Waals surface area contributed by atoms with Crippen molar-refractivity contribution in [2.24, 2.45) is 5.92 Å². The van der Waals surface area contributed by atoms with Gasteiger partial charge in [0, 0.05) is 17.3 Å². The Morgan fingerprint density at radius 1 is 0.630 bits per heavy atom. The minimum Gasteiger partial charge on any atom is -0.458 e. The van der Waals surface area contributed by atoms with Crippen LogP contribution in [0, 0.1) is 5.92 Å². The fourth-order valence-electron chi connectivity index (χ4n) is 5.93. The van der Waals surface area contributed by atoms with E-state index in [1.54, 1.807) is 0 Å². The zero-order chi connectivity index (χ0) is 17.3. The summed E-state index contributed by atoms with van der Waals surface area (Å²) in [6, 6.07) is 14.9. The van der Waals surface area contributed by atoms with Crippen molar-refractivity contribution < 1.29 is 9.47 Å². The standard InChI is InChI=1S/C24H13BO2/c1-2-15-22-16(3-1)27-18-11-9-14-7-5-12-4-6-13-8-10-17(26-15)23-20(13)19(12)21(14)24(18)25(22)23/h1-12,19H. The number of rotatable bonds is 0. The lowest BCUT2D eigenvalue weighted by Crippen LogP contribution is -2.63. The van der Waals surface area contributed by atoms with E-state index in [-0.39, 0.29) is 6.71 Å². The molecule has 124 valence electrons. The van der Waals surface area contributed by atoms with Gasteiger partial charge in [-0.2, -0.15) is 0 Å². The Kier molecular flexibility index (Phi) is 1.95. The molecule has 8 rings (SSSR count). The van der Waals surface area contributed by atoms with Crippen LogP contribution in [0.4, 0.5) is 0 Å². The highest BCUT2D eigenvalue weighted by atomic mass is 16.5. The molecule has 5 aliphatic rings. The van der Waals surface area contributed by atoms with Gasteiger partial charge in [-0.05, 0) is 57.4 Å². The van der Waals surface area contributed by atoms with Crippen molar-refractivity contribution in [2.45, 2.75) is 5.92 Å². The van der Waals surface area contributed by atoms with E-state index in [0.717, 1.165) is 23.0 Å². The summed E-state index contributed by atoms with van der Waals surface area (Å²) in [6.07, 6.45) is 9.29. The van der Waals surface area contributed by atoms with Gasteiger partial charge in [0.1, 0.15) is 23.0 Å². The third kappa shape index (κ3) is 1.31. The maximum Gasteiger partial charge on any atom is 0.261 e. The maximum atomic E-state index is 6.38. The summed E-state index contributed by atoms with van der Waals surface area (Å²) in [5.74, 6) is 4.65. The molecule has 0 radical (unpaired) electrons. The number of hydrogen-bond donors (Lipinski definition) is 0. The second kappa shape index (κ2) is 4.04. The van der Waals surface area contributed by atoms with Crippen molar-refractivity contribution in [3.8, 4) is 23.0 Å². The summed E-state index contributed by atoms with van der Waals surface area (Å²) in [5.41, 5.74) is 9.50. The van der Waals surface area contributed by atoms with Gasteiger partial charge in [-0.1, -0.05) is 42.5 Å². The van der Waals surface area contributed by atoms with Gasteiger partial charge in [-0.25, -0.2) is 0 Å². The SMILES string of the molecule is C1=CC2C=Cc3ccc4c5c3C2c2c1ccc1c2B5c2c(cccc2O4)O1. The molecule has 0 spiro atoms. The summed E-state index contributed by atoms with van der Waals surface area (Å²) in [4.78, 5) is 0. The molecule has 3 heterocycles. The molecular weight excluding hydrogens is 331 g/mol. The molecule has 3 aliphatic heterocycles. The lowest BCUT2D eigenvalue weighted by atomic mass is 9.30. The molecule has 0 amide bonds. The van der Waals surface area contributed by atoms with E-state index in [1.807, 2.05) is 6.07 Å². The fraction of sp³-hybridized carbons (Fsp3) is 0.0833. The Morgan fingerprint density at radius 2 is 1.19 bits per heavy atom. The highest BCUT2D eigenvalue weighted by Gasteiger charge is 2.50. The van der Waals surface area contributed by atoms with Gasteiger partial charge in [0.2, 0.25) is 0 Å². The van der Waals surface area contributed by atoms with Gasteiger partial charge in [-0.3, -0.25) is 0 Å². The van der Waals surface area contributed by atoms with Crippen molar-refractivity contribution in [1.29, 1.82) is 0 Å². The van der Waals surface area contributed by atoms with Crippen molar-refractivity contribution in [3.05, 3.63) is 76.9 Å². The normalized spacial score (nSPS) is 22.3. The average molecular weight is 344 g/mol. The molecule has 3 heteroatoms. The predicted molar refractivity (Wildman–Crippen MR) is 108 cm³/mol. The van der Waals surface area contributed by atoms with Crippen LogP contribution in [0.3, 0.4) is 0 Å². The molecule has 0 saturated carbocycles. The monoisotopic (exact) mass is 344 g/mol. The molecular formula is C24H13BO2. The van der Waals surface area contributed by atoms with Crippen LogP contribution < -0.4 is 25.9 Å². The smallest absolute Gasteiger partial charge is 0.261 e. The zero-order valence-corrected chi connectivity index (χ0v) is 14.4. The number of hydrogen-bond acceptors (Lipinski definition) is 2. The molecule has 2 aliphatic carbocycles. The number of benzene rings is 3. The van der Waals surface area contributed by atoms with Crippen LogP contribution in [-0.2, 0) is 0 Å². The molecule has 2 nitrogen and oxygen atoms in total. The molecule has 27 heavy (non-hydrogen) atoms. The minimum absolute atomic E-state index is 0.212. The van der Waals surface area contributed by atoms with Gasteiger partial charge < -0.3 is 9.47 Å². The van der Waals surface area contributed by atoms with E-state index in [4.69, 9.17) is 9.47 Å². The van der Waals surface area contributed by atoms with Crippen LogP contribution >= 0.6 is 0 Å². The van der Waals surface area contributed by atoms with Crippen molar-refractivity contribution in [1.82, 2.24) is 0 Å². The Morgan fingerprint density at radius 3 is 1.78 bits per heavy atom. The first-order chi connectivity index (χ1) is 13.4. The van der Waals surface area contributed by atoms with E-state index >= 15 is 0 Å².